The van der Waals surface area contributed by atoms with Crippen LogP contribution in [0.2, 0.25) is 0 Å². The number of hydrogen-bond acceptors (Lipinski definition) is 4. The molecule has 0 aliphatic heterocycles. The van der Waals surface area contributed by atoms with Crippen LogP contribution in [0.15, 0.2) is 29.6 Å². The number of carboxylic acid groups (broad SMARTS) is 1. The van der Waals surface area contributed by atoms with E-state index in [1.165, 1.54) is 11.3 Å². The van der Waals surface area contributed by atoms with Gasteiger partial charge in [-0.05, 0) is 43.7 Å². The van der Waals surface area contributed by atoms with Crippen molar-refractivity contribution in [1.82, 2.24) is 0 Å². The van der Waals surface area contributed by atoms with E-state index in [-0.39, 0.29) is 0 Å². The van der Waals surface area contributed by atoms with Gasteiger partial charge in [-0.3, -0.25) is 0 Å². The summed E-state index contributed by atoms with van der Waals surface area (Å²) in [5.41, 5.74) is 2.47. The Labute approximate surface area is 122 Å². The van der Waals surface area contributed by atoms with E-state index in [1.807, 2.05) is 32.0 Å². The van der Waals surface area contributed by atoms with E-state index in [0.29, 0.717) is 18.7 Å². The number of aromatic carboxylic acids is 1. The lowest BCUT2D eigenvalue weighted by Crippen LogP contribution is -2.00. The molecule has 0 bridgehead atoms. The van der Waals surface area contributed by atoms with Crippen LogP contribution in [-0.2, 0) is 6.54 Å². The van der Waals surface area contributed by atoms with Gasteiger partial charge in [0.05, 0.1) is 12.2 Å². The molecule has 20 heavy (non-hydrogen) atoms. The first-order valence-electron chi connectivity index (χ1n) is 6.38. The number of benzene rings is 1. The SMILES string of the molecule is CCOc1ccc(NCc2cc(C(=O)O)cs2)c(C)c1. The molecule has 1 aromatic carbocycles. The lowest BCUT2D eigenvalue weighted by atomic mass is 10.2. The first kappa shape index (κ1) is 14.4. The highest BCUT2D eigenvalue weighted by atomic mass is 32.1. The predicted octanol–water partition coefficient (Wildman–Crippen LogP) is 3.77. The Balaban J connectivity index is 2.01. The molecule has 1 aromatic heterocycles. The molecule has 0 aliphatic rings. The van der Waals surface area contributed by atoms with Crippen molar-refractivity contribution >= 4 is 23.0 Å². The van der Waals surface area contributed by atoms with Crippen LogP contribution >= 0.6 is 11.3 Å². The Morgan fingerprint density at radius 1 is 1.40 bits per heavy atom. The van der Waals surface area contributed by atoms with Gasteiger partial charge in [0, 0.05) is 22.5 Å². The number of anilines is 1. The molecule has 2 aromatic rings. The molecule has 106 valence electrons. The molecule has 0 saturated carbocycles. The van der Waals surface area contributed by atoms with E-state index in [1.54, 1.807) is 11.4 Å². The summed E-state index contributed by atoms with van der Waals surface area (Å²) >= 11 is 1.45. The van der Waals surface area contributed by atoms with E-state index < -0.39 is 5.97 Å². The maximum absolute atomic E-state index is 10.8. The minimum atomic E-state index is -0.884. The summed E-state index contributed by atoms with van der Waals surface area (Å²) in [7, 11) is 0. The molecular formula is C15H17NO3S. The zero-order chi connectivity index (χ0) is 14.5. The predicted molar refractivity (Wildman–Crippen MR) is 81.0 cm³/mol. The van der Waals surface area contributed by atoms with Gasteiger partial charge in [-0.1, -0.05) is 0 Å². The van der Waals surface area contributed by atoms with Crippen molar-refractivity contribution in [3.8, 4) is 5.75 Å². The molecule has 0 amide bonds. The van der Waals surface area contributed by atoms with Crippen LogP contribution in [0.5, 0.6) is 5.75 Å². The molecule has 0 fully saturated rings. The summed E-state index contributed by atoms with van der Waals surface area (Å²) in [6.07, 6.45) is 0. The third-order valence-electron chi connectivity index (χ3n) is 2.86. The van der Waals surface area contributed by atoms with Gasteiger partial charge in [0.1, 0.15) is 5.75 Å². The minimum Gasteiger partial charge on any atom is -0.494 e. The standard InChI is InChI=1S/C15H17NO3S/c1-3-19-12-4-5-14(10(2)6-12)16-8-13-7-11(9-20-13)15(17)18/h4-7,9,16H,3,8H2,1-2H3,(H,17,18). The molecule has 0 aliphatic carbocycles. The quantitative estimate of drug-likeness (QED) is 0.850. The van der Waals surface area contributed by atoms with Crippen LogP contribution in [-0.4, -0.2) is 17.7 Å². The maximum Gasteiger partial charge on any atom is 0.336 e. The Morgan fingerprint density at radius 2 is 2.20 bits per heavy atom. The molecule has 0 spiro atoms. The fraction of sp³-hybridized carbons (Fsp3) is 0.267. The second-order valence-corrected chi connectivity index (χ2v) is 5.37. The topological polar surface area (TPSA) is 58.6 Å². The molecule has 2 rings (SSSR count). The summed E-state index contributed by atoms with van der Waals surface area (Å²) < 4.78 is 5.44. The second kappa shape index (κ2) is 6.43. The van der Waals surface area contributed by atoms with Crippen molar-refractivity contribution in [2.24, 2.45) is 0 Å². The number of ether oxygens (including phenoxy) is 1. The zero-order valence-electron chi connectivity index (χ0n) is 11.5. The monoisotopic (exact) mass is 291 g/mol. The number of carbonyl (C=O) groups is 1. The summed E-state index contributed by atoms with van der Waals surface area (Å²) in [4.78, 5) is 11.8. The largest absolute Gasteiger partial charge is 0.494 e. The van der Waals surface area contributed by atoms with Gasteiger partial charge in [-0.15, -0.1) is 11.3 Å². The van der Waals surface area contributed by atoms with Gasteiger partial charge >= 0.3 is 5.97 Å². The highest BCUT2D eigenvalue weighted by Gasteiger charge is 2.07. The van der Waals surface area contributed by atoms with Crippen LogP contribution in [0, 0.1) is 6.92 Å². The number of carboxylic acids is 1. The van der Waals surface area contributed by atoms with Crippen LogP contribution in [0.3, 0.4) is 0 Å². The number of thiophene rings is 1. The van der Waals surface area contributed by atoms with Crippen molar-refractivity contribution in [2.45, 2.75) is 20.4 Å². The molecular weight excluding hydrogens is 274 g/mol. The molecule has 0 atom stereocenters. The first-order chi connectivity index (χ1) is 9.60. The van der Waals surface area contributed by atoms with Crippen molar-refractivity contribution in [3.05, 3.63) is 45.6 Å². The lowest BCUT2D eigenvalue weighted by molar-refractivity contribution is 0.0697. The summed E-state index contributed by atoms with van der Waals surface area (Å²) in [5.74, 6) is -0.0235. The molecule has 4 nitrogen and oxygen atoms in total. The van der Waals surface area contributed by atoms with Gasteiger partial charge < -0.3 is 15.2 Å². The van der Waals surface area contributed by atoms with Gasteiger partial charge in [0.15, 0.2) is 0 Å². The van der Waals surface area contributed by atoms with Crippen molar-refractivity contribution < 1.29 is 14.6 Å². The third kappa shape index (κ3) is 3.51. The summed E-state index contributed by atoms with van der Waals surface area (Å²) in [6.45, 7) is 5.24. The van der Waals surface area contributed by atoms with Gasteiger partial charge in [-0.2, -0.15) is 0 Å². The van der Waals surface area contributed by atoms with E-state index in [0.717, 1.165) is 21.9 Å². The lowest BCUT2D eigenvalue weighted by Gasteiger charge is -2.10. The van der Waals surface area contributed by atoms with Crippen molar-refractivity contribution in [3.63, 3.8) is 0 Å². The first-order valence-corrected chi connectivity index (χ1v) is 7.26. The van der Waals surface area contributed by atoms with E-state index in [4.69, 9.17) is 9.84 Å². The number of hydrogen-bond donors (Lipinski definition) is 2. The average Bonchev–Trinajstić information content (AvgIpc) is 2.87. The summed E-state index contributed by atoms with van der Waals surface area (Å²) in [5, 5.41) is 13.9. The van der Waals surface area contributed by atoms with E-state index >= 15 is 0 Å². The third-order valence-corrected chi connectivity index (χ3v) is 3.80. The highest BCUT2D eigenvalue weighted by Crippen LogP contribution is 2.23. The maximum atomic E-state index is 10.8. The Hall–Kier alpha value is -2.01. The molecule has 2 N–H and O–H groups in total. The van der Waals surface area contributed by atoms with Crippen LogP contribution < -0.4 is 10.1 Å². The normalized spacial score (nSPS) is 10.3. The van der Waals surface area contributed by atoms with E-state index in [9.17, 15) is 4.79 Å². The van der Waals surface area contributed by atoms with Crippen LogP contribution in [0.4, 0.5) is 5.69 Å². The Morgan fingerprint density at radius 3 is 2.80 bits per heavy atom. The van der Waals surface area contributed by atoms with Crippen molar-refractivity contribution in [2.75, 3.05) is 11.9 Å². The zero-order valence-corrected chi connectivity index (χ0v) is 12.3. The minimum absolute atomic E-state index is 0.343. The van der Waals surface area contributed by atoms with Crippen molar-refractivity contribution in [1.29, 1.82) is 0 Å². The Bertz CT molecular complexity index is 607. The molecule has 0 radical (unpaired) electrons. The van der Waals surface area contributed by atoms with E-state index in [2.05, 4.69) is 5.32 Å². The highest BCUT2D eigenvalue weighted by molar-refractivity contribution is 7.10. The van der Waals surface area contributed by atoms with Gasteiger partial charge in [-0.25, -0.2) is 4.79 Å². The fourth-order valence-electron chi connectivity index (χ4n) is 1.86. The number of rotatable bonds is 6. The average molecular weight is 291 g/mol. The molecule has 1 heterocycles. The summed E-state index contributed by atoms with van der Waals surface area (Å²) in [6, 6.07) is 7.59. The van der Waals surface area contributed by atoms with Crippen LogP contribution in [0.1, 0.15) is 27.7 Å². The fourth-order valence-corrected chi connectivity index (χ4v) is 2.66. The Kier molecular flexibility index (Phi) is 4.63. The molecule has 0 saturated heterocycles. The van der Waals surface area contributed by atoms with Gasteiger partial charge in [0.25, 0.3) is 0 Å². The number of aryl methyl sites for hydroxylation is 1. The molecule has 0 unspecified atom stereocenters. The van der Waals surface area contributed by atoms with Crippen LogP contribution in [0.25, 0.3) is 0 Å². The number of nitrogens with one attached hydrogen (secondary N) is 1. The van der Waals surface area contributed by atoms with Gasteiger partial charge in [0.2, 0.25) is 0 Å². The molecule has 5 heteroatoms. The smallest absolute Gasteiger partial charge is 0.336 e. The second-order valence-electron chi connectivity index (χ2n) is 4.37.